The van der Waals surface area contributed by atoms with Crippen LogP contribution in [0.4, 0.5) is 11.4 Å². The van der Waals surface area contributed by atoms with Crippen LogP contribution in [0.1, 0.15) is 30.9 Å². The van der Waals surface area contributed by atoms with E-state index in [0.717, 1.165) is 17.1 Å². The van der Waals surface area contributed by atoms with Crippen LogP contribution in [0.25, 0.3) is 0 Å². The average Bonchev–Trinajstić information content (AvgIpc) is 2.49. The predicted octanol–water partition coefficient (Wildman–Crippen LogP) is 4.94. The lowest BCUT2D eigenvalue weighted by atomic mass is 9.98. The summed E-state index contributed by atoms with van der Waals surface area (Å²) in [7, 11) is 1.65. The van der Waals surface area contributed by atoms with Crippen LogP contribution in [-0.2, 0) is 0 Å². The third kappa shape index (κ3) is 3.98. The van der Waals surface area contributed by atoms with E-state index < -0.39 is 0 Å². The van der Waals surface area contributed by atoms with Crippen molar-refractivity contribution in [1.29, 1.82) is 0 Å². The summed E-state index contributed by atoms with van der Waals surface area (Å²) in [5.41, 5.74) is 4.46. The first kappa shape index (κ1) is 16.3. The van der Waals surface area contributed by atoms with Crippen LogP contribution < -0.4 is 15.4 Å². The first-order valence-corrected chi connectivity index (χ1v) is 7.73. The summed E-state index contributed by atoms with van der Waals surface area (Å²) in [4.78, 5) is 0. The Balaban J connectivity index is 2.12. The van der Waals surface area contributed by atoms with Crippen LogP contribution >= 0.6 is 12.2 Å². The van der Waals surface area contributed by atoms with Gasteiger partial charge in [-0.2, -0.15) is 0 Å². The van der Waals surface area contributed by atoms with E-state index in [1.165, 1.54) is 11.1 Å². The molecule has 0 amide bonds. The van der Waals surface area contributed by atoms with Crippen molar-refractivity contribution in [2.24, 2.45) is 0 Å². The zero-order valence-electron chi connectivity index (χ0n) is 13.4. The Labute approximate surface area is 137 Å². The molecule has 2 N–H and O–H groups in total. The molecule has 0 aromatic heterocycles. The molecule has 0 bridgehead atoms. The van der Waals surface area contributed by atoms with E-state index in [4.69, 9.17) is 17.0 Å². The van der Waals surface area contributed by atoms with Crippen LogP contribution in [0.15, 0.2) is 42.5 Å². The molecule has 0 heterocycles. The van der Waals surface area contributed by atoms with E-state index in [2.05, 4.69) is 49.6 Å². The molecule has 0 saturated heterocycles. The summed E-state index contributed by atoms with van der Waals surface area (Å²) < 4.78 is 5.15. The van der Waals surface area contributed by atoms with Crippen LogP contribution in [-0.4, -0.2) is 12.2 Å². The Morgan fingerprint density at radius 3 is 2.32 bits per heavy atom. The molecular weight excluding hydrogens is 292 g/mol. The molecule has 0 atom stereocenters. The summed E-state index contributed by atoms with van der Waals surface area (Å²) in [5, 5.41) is 7.11. The highest BCUT2D eigenvalue weighted by Crippen LogP contribution is 2.27. The maximum Gasteiger partial charge on any atom is 0.175 e. The fourth-order valence-electron chi connectivity index (χ4n) is 2.29. The van der Waals surface area contributed by atoms with Gasteiger partial charge in [-0.25, -0.2) is 0 Å². The zero-order chi connectivity index (χ0) is 16.1. The molecular formula is C18H22N2OS. The molecule has 2 aromatic rings. The van der Waals surface area contributed by atoms with Crippen LogP contribution in [0.2, 0.25) is 0 Å². The molecule has 2 aromatic carbocycles. The minimum Gasteiger partial charge on any atom is -0.497 e. The minimum absolute atomic E-state index is 0.436. The molecule has 0 aliphatic rings. The van der Waals surface area contributed by atoms with Gasteiger partial charge in [0, 0.05) is 11.4 Å². The highest BCUT2D eigenvalue weighted by atomic mass is 32.1. The Morgan fingerprint density at radius 2 is 1.73 bits per heavy atom. The average molecular weight is 314 g/mol. The van der Waals surface area contributed by atoms with Crippen molar-refractivity contribution in [3.05, 3.63) is 53.6 Å². The topological polar surface area (TPSA) is 33.3 Å². The molecule has 0 saturated carbocycles. The summed E-state index contributed by atoms with van der Waals surface area (Å²) >= 11 is 5.43. The molecule has 3 nitrogen and oxygen atoms in total. The highest BCUT2D eigenvalue weighted by molar-refractivity contribution is 7.80. The van der Waals surface area contributed by atoms with E-state index in [0.29, 0.717) is 11.0 Å². The van der Waals surface area contributed by atoms with Crippen LogP contribution in [0.5, 0.6) is 5.75 Å². The van der Waals surface area contributed by atoms with Gasteiger partial charge in [-0.15, -0.1) is 0 Å². The number of anilines is 2. The predicted molar refractivity (Wildman–Crippen MR) is 98.1 cm³/mol. The van der Waals surface area contributed by atoms with Gasteiger partial charge >= 0.3 is 0 Å². The number of rotatable bonds is 4. The monoisotopic (exact) mass is 314 g/mol. The van der Waals surface area contributed by atoms with Crippen molar-refractivity contribution in [3.63, 3.8) is 0 Å². The minimum atomic E-state index is 0.436. The standard InChI is InChI=1S/C18H22N2OS/c1-12(2)16-7-5-6-13(3)17(16)20-18(22)19-14-8-10-15(21-4)11-9-14/h5-12H,1-4H3,(H2,19,20,22). The molecule has 0 aliphatic heterocycles. The van der Waals surface area contributed by atoms with E-state index in [-0.39, 0.29) is 0 Å². The quantitative estimate of drug-likeness (QED) is 0.784. The van der Waals surface area contributed by atoms with Crippen molar-refractivity contribution >= 4 is 28.7 Å². The molecule has 2 rings (SSSR count). The highest BCUT2D eigenvalue weighted by Gasteiger charge is 2.10. The molecule has 0 spiro atoms. The molecule has 0 radical (unpaired) electrons. The number of methoxy groups -OCH3 is 1. The lowest BCUT2D eigenvalue weighted by molar-refractivity contribution is 0.415. The van der Waals surface area contributed by atoms with Crippen LogP contribution in [0.3, 0.4) is 0 Å². The smallest absolute Gasteiger partial charge is 0.175 e. The molecule has 116 valence electrons. The Hall–Kier alpha value is -2.07. The molecule has 0 fully saturated rings. The summed E-state index contributed by atoms with van der Waals surface area (Å²) in [6, 6.07) is 14.0. The lowest BCUT2D eigenvalue weighted by Crippen LogP contribution is -2.20. The maximum absolute atomic E-state index is 5.43. The summed E-state index contributed by atoms with van der Waals surface area (Å²) in [5.74, 6) is 1.26. The van der Waals surface area contributed by atoms with E-state index >= 15 is 0 Å². The second-order valence-corrected chi connectivity index (χ2v) is 5.91. The third-order valence-corrected chi connectivity index (χ3v) is 3.72. The van der Waals surface area contributed by atoms with E-state index in [1.807, 2.05) is 24.3 Å². The molecule has 0 aliphatic carbocycles. The number of para-hydroxylation sites is 1. The fraction of sp³-hybridized carbons (Fsp3) is 0.278. The first-order chi connectivity index (χ1) is 10.5. The number of nitrogens with one attached hydrogen (secondary N) is 2. The molecule has 22 heavy (non-hydrogen) atoms. The fourth-order valence-corrected chi connectivity index (χ4v) is 2.51. The van der Waals surface area contributed by atoms with Gasteiger partial charge in [0.25, 0.3) is 0 Å². The van der Waals surface area contributed by atoms with Crippen molar-refractivity contribution < 1.29 is 4.74 Å². The maximum atomic E-state index is 5.43. The second-order valence-electron chi connectivity index (χ2n) is 5.50. The van der Waals surface area contributed by atoms with Gasteiger partial charge < -0.3 is 15.4 Å². The lowest BCUT2D eigenvalue weighted by Gasteiger charge is -2.18. The van der Waals surface area contributed by atoms with Gasteiger partial charge in [0.15, 0.2) is 5.11 Å². The van der Waals surface area contributed by atoms with Crippen molar-refractivity contribution in [3.8, 4) is 5.75 Å². The third-order valence-electron chi connectivity index (χ3n) is 3.51. The normalized spacial score (nSPS) is 10.4. The van der Waals surface area contributed by atoms with Crippen LogP contribution in [0, 0.1) is 6.92 Å². The van der Waals surface area contributed by atoms with Gasteiger partial charge in [-0.3, -0.25) is 0 Å². The largest absolute Gasteiger partial charge is 0.497 e. The Kier molecular flexibility index (Phi) is 5.39. The van der Waals surface area contributed by atoms with Gasteiger partial charge in [-0.1, -0.05) is 32.0 Å². The van der Waals surface area contributed by atoms with E-state index in [1.54, 1.807) is 7.11 Å². The summed E-state index contributed by atoms with van der Waals surface area (Å²) in [6.07, 6.45) is 0. The van der Waals surface area contributed by atoms with Gasteiger partial charge in [0.2, 0.25) is 0 Å². The van der Waals surface area contributed by atoms with Crippen molar-refractivity contribution in [2.75, 3.05) is 17.7 Å². The SMILES string of the molecule is COc1ccc(NC(=S)Nc2c(C)cccc2C(C)C)cc1. The van der Waals surface area contributed by atoms with Crippen molar-refractivity contribution in [2.45, 2.75) is 26.7 Å². The van der Waals surface area contributed by atoms with E-state index in [9.17, 15) is 0 Å². The zero-order valence-corrected chi connectivity index (χ0v) is 14.3. The number of ether oxygens (including phenoxy) is 1. The number of benzene rings is 2. The Morgan fingerprint density at radius 1 is 1.05 bits per heavy atom. The number of aryl methyl sites for hydroxylation is 1. The first-order valence-electron chi connectivity index (χ1n) is 7.33. The molecule has 0 unspecified atom stereocenters. The summed E-state index contributed by atoms with van der Waals surface area (Å²) in [6.45, 7) is 6.45. The molecule has 4 heteroatoms. The number of thiocarbonyl (C=S) groups is 1. The number of hydrogen-bond donors (Lipinski definition) is 2. The van der Waals surface area contributed by atoms with Gasteiger partial charge in [0.1, 0.15) is 5.75 Å². The Bertz CT molecular complexity index is 651. The van der Waals surface area contributed by atoms with Crippen molar-refractivity contribution in [1.82, 2.24) is 0 Å². The van der Waals surface area contributed by atoms with Gasteiger partial charge in [0.05, 0.1) is 7.11 Å². The van der Waals surface area contributed by atoms with Gasteiger partial charge in [-0.05, 0) is 60.5 Å². The number of hydrogen-bond acceptors (Lipinski definition) is 2. The second kappa shape index (κ2) is 7.27.